The Morgan fingerprint density at radius 1 is 0.657 bits per heavy atom. The first kappa shape index (κ1) is 49.9. The molecule has 1 heterocycles. The normalized spacial score (nSPS) is 11.9. The van der Waals surface area contributed by atoms with Gasteiger partial charge in [0.05, 0.1) is 67.4 Å². The minimum absolute atomic E-state index is 0.0201. The van der Waals surface area contributed by atoms with E-state index >= 15 is 0 Å². The predicted molar refractivity (Wildman–Crippen MR) is 237 cm³/mol. The van der Waals surface area contributed by atoms with Crippen molar-refractivity contribution in [2.24, 2.45) is 20.5 Å². The third-order valence-electron chi connectivity index (χ3n) is 8.60. The summed E-state index contributed by atoms with van der Waals surface area (Å²) >= 11 is 13.0. The van der Waals surface area contributed by atoms with Gasteiger partial charge in [0.1, 0.15) is 28.9 Å². The number of carbonyl (C=O) groups is 5. The van der Waals surface area contributed by atoms with E-state index < -0.39 is 68.6 Å². The number of hydrogen-bond donors (Lipinski definition) is 10. The lowest BCUT2D eigenvalue weighted by molar-refractivity contribution is -0.138. The van der Waals surface area contributed by atoms with Crippen molar-refractivity contribution in [3.05, 3.63) is 93.0 Å². The molecule has 4 aromatic carbocycles. The number of phenolic OH excluding ortho intramolecular Hbond substituents is 1. The van der Waals surface area contributed by atoms with Crippen molar-refractivity contribution in [3.63, 3.8) is 0 Å². The Morgan fingerprint density at radius 3 is 1.55 bits per heavy atom. The summed E-state index contributed by atoms with van der Waals surface area (Å²) in [5.41, 5.74) is -2.31. The van der Waals surface area contributed by atoms with Gasteiger partial charge in [0, 0.05) is 12.1 Å². The molecule has 0 radical (unpaired) electrons. The van der Waals surface area contributed by atoms with Crippen molar-refractivity contribution >= 4 is 115 Å². The van der Waals surface area contributed by atoms with Crippen LogP contribution in [-0.4, -0.2) is 107 Å². The number of aromatic carboxylic acids is 4. The molecule has 0 spiro atoms. The van der Waals surface area contributed by atoms with E-state index in [1.54, 1.807) is 6.92 Å². The first-order valence-electron chi connectivity index (χ1n) is 18.9. The number of phenols is 1. The van der Waals surface area contributed by atoms with Gasteiger partial charge in [-0.2, -0.15) is 33.6 Å². The Hall–Kier alpha value is -8.07. The number of nitrogens with zero attached hydrogens (tertiary/aromatic N) is 7. The van der Waals surface area contributed by atoms with Gasteiger partial charge in [-0.3, -0.25) is 4.55 Å². The Morgan fingerprint density at radius 2 is 1.10 bits per heavy atom. The number of azo groups is 2. The molecule has 1 atom stereocenters. The molecule has 25 nitrogen and oxygen atoms in total. The number of ether oxygens (including phenoxy) is 1. The Kier molecular flexibility index (Phi) is 16.2. The minimum Gasteiger partial charge on any atom is -0.506 e. The van der Waals surface area contributed by atoms with Crippen LogP contribution in [0.2, 0.25) is 10.0 Å². The summed E-state index contributed by atoms with van der Waals surface area (Å²) in [7, 11) is -4.39. The third-order valence-corrected chi connectivity index (χ3v) is 10.0. The quantitative estimate of drug-likeness (QED) is 0.0135. The van der Waals surface area contributed by atoms with E-state index in [1.165, 1.54) is 18.2 Å². The van der Waals surface area contributed by atoms with E-state index in [0.717, 1.165) is 42.5 Å². The lowest BCUT2D eigenvalue weighted by Crippen LogP contribution is -2.30. The second-order valence-corrected chi connectivity index (χ2v) is 16.0. The summed E-state index contributed by atoms with van der Waals surface area (Å²) in [5.74, 6) is -9.23. The van der Waals surface area contributed by atoms with E-state index in [0.29, 0.717) is 6.42 Å². The molecule has 0 saturated carbocycles. The molecule has 1 aromatic heterocycles. The SMILES string of the molecule is CCCC(Nc1nc(Nc2cc(Cl)c(N=Nc3cc(C(=O)O)cc(C(=O)O)c3)cc2O)nc(Nc2cc(Cl)c(N=Nc3cc(C(=O)O)cc(C(=O)O)c3)cc2OCCCS(=O)(=O)O)n1)C(=O)O. The highest BCUT2D eigenvalue weighted by molar-refractivity contribution is 7.85. The van der Waals surface area contributed by atoms with Crippen molar-refractivity contribution in [3.8, 4) is 11.5 Å². The van der Waals surface area contributed by atoms with Crippen LogP contribution >= 0.6 is 23.2 Å². The zero-order valence-electron chi connectivity index (χ0n) is 34.1. The Labute approximate surface area is 386 Å². The third kappa shape index (κ3) is 14.2. The number of halogens is 2. The molecular weight excluding hydrogens is 951 g/mol. The standard InChI is InChI=1S/C39H34Cl2N10O15S/c1-2-4-25(36(61)62)42-37-45-38(43-28-13-23(40)26(15-30(28)52)50-48-21-9-17(32(53)54)7-18(10-21)33(55)56)47-39(46-37)44-29-14-24(41)27(16-31(29)66-5-3-6-67(63,64)65)51-49-22-11-19(34(57)58)8-20(12-22)35(59)60/h7-16,25,52H,2-6H2,1H3,(H,53,54)(H,55,56)(H,57,58)(H,59,60)(H,61,62)(H,63,64,65)(H3,42,43,44,45,46,47). The molecule has 5 aromatic rings. The molecule has 0 aliphatic carbocycles. The second-order valence-electron chi connectivity index (χ2n) is 13.6. The maximum Gasteiger partial charge on any atom is 0.335 e. The molecule has 350 valence electrons. The Bertz CT molecular complexity index is 2890. The van der Waals surface area contributed by atoms with Gasteiger partial charge in [0.2, 0.25) is 17.8 Å². The largest absolute Gasteiger partial charge is 0.506 e. The number of aromatic hydroxyl groups is 1. The average molecular weight is 986 g/mol. The van der Waals surface area contributed by atoms with Gasteiger partial charge in [-0.25, -0.2) is 24.0 Å². The number of nitrogens with one attached hydrogen (secondary N) is 3. The van der Waals surface area contributed by atoms with Crippen LogP contribution in [0.5, 0.6) is 11.5 Å². The molecule has 28 heteroatoms. The first-order chi connectivity index (χ1) is 31.6. The van der Waals surface area contributed by atoms with Gasteiger partial charge in [-0.1, -0.05) is 36.5 Å². The van der Waals surface area contributed by atoms with Crippen molar-refractivity contribution in [1.82, 2.24) is 15.0 Å². The van der Waals surface area contributed by atoms with Crippen LogP contribution in [-0.2, 0) is 14.9 Å². The fourth-order valence-corrected chi connectivity index (χ4v) is 6.42. The second kappa shape index (κ2) is 21.7. The number of hydrogen-bond acceptors (Lipinski definition) is 19. The highest BCUT2D eigenvalue weighted by atomic mass is 35.5. The number of aliphatic carboxylic acids is 1. The summed E-state index contributed by atoms with van der Waals surface area (Å²) in [4.78, 5) is 71.2. The Balaban J connectivity index is 1.53. The van der Waals surface area contributed by atoms with Crippen molar-refractivity contribution in [2.45, 2.75) is 32.2 Å². The highest BCUT2D eigenvalue weighted by Gasteiger charge is 2.21. The summed E-state index contributed by atoms with van der Waals surface area (Å²) in [6, 6.07) is 9.57. The summed E-state index contributed by atoms with van der Waals surface area (Å²) in [6.45, 7) is 1.42. The van der Waals surface area contributed by atoms with E-state index in [1.807, 2.05) is 0 Å². The molecule has 0 bridgehead atoms. The van der Waals surface area contributed by atoms with Gasteiger partial charge >= 0.3 is 29.8 Å². The molecule has 5 rings (SSSR count). The van der Waals surface area contributed by atoms with Crippen LogP contribution < -0.4 is 20.7 Å². The molecular formula is C39H34Cl2N10O15S. The number of carboxylic acids is 5. The molecule has 0 fully saturated rings. The summed E-state index contributed by atoms with van der Waals surface area (Å²) in [5, 5.41) is 82.2. The van der Waals surface area contributed by atoms with Gasteiger partial charge in [-0.05, 0) is 61.4 Å². The van der Waals surface area contributed by atoms with Crippen molar-refractivity contribution in [1.29, 1.82) is 0 Å². The van der Waals surface area contributed by atoms with Crippen molar-refractivity contribution in [2.75, 3.05) is 28.3 Å². The fourth-order valence-electron chi connectivity index (χ4n) is 5.54. The molecule has 10 N–H and O–H groups in total. The van der Waals surface area contributed by atoms with Gasteiger partial charge in [0.25, 0.3) is 10.1 Å². The van der Waals surface area contributed by atoms with E-state index in [2.05, 4.69) is 51.4 Å². The molecule has 0 aliphatic rings. The topological polar surface area (TPSA) is 395 Å². The fraction of sp³-hybridized carbons (Fsp3) is 0.179. The van der Waals surface area contributed by atoms with Crippen LogP contribution in [0.25, 0.3) is 0 Å². The van der Waals surface area contributed by atoms with Gasteiger partial charge < -0.3 is 51.3 Å². The number of carboxylic acid groups (broad SMARTS) is 5. The van der Waals surface area contributed by atoms with E-state index in [9.17, 15) is 67.6 Å². The minimum atomic E-state index is -4.39. The van der Waals surface area contributed by atoms with Crippen LogP contribution in [0.1, 0.15) is 67.6 Å². The molecule has 0 saturated heterocycles. The number of aromatic nitrogens is 3. The number of anilines is 5. The first-order valence-corrected chi connectivity index (χ1v) is 21.3. The molecule has 67 heavy (non-hydrogen) atoms. The average Bonchev–Trinajstić information content (AvgIpc) is 3.25. The van der Waals surface area contributed by atoms with Crippen LogP contribution in [0.3, 0.4) is 0 Å². The lowest BCUT2D eigenvalue weighted by atomic mass is 10.1. The number of rotatable bonds is 22. The zero-order valence-corrected chi connectivity index (χ0v) is 36.4. The number of benzene rings is 4. The monoisotopic (exact) mass is 984 g/mol. The zero-order chi connectivity index (χ0) is 49.2. The van der Waals surface area contributed by atoms with Gasteiger partial charge in [0.15, 0.2) is 0 Å². The van der Waals surface area contributed by atoms with Crippen LogP contribution in [0.4, 0.5) is 52.0 Å². The summed E-state index contributed by atoms with van der Waals surface area (Å²) < 4.78 is 37.8. The maximum atomic E-state index is 12.1. The molecule has 1 unspecified atom stereocenters. The molecule has 0 aliphatic heterocycles. The van der Waals surface area contributed by atoms with Crippen molar-refractivity contribution < 1.29 is 72.3 Å². The van der Waals surface area contributed by atoms with Crippen LogP contribution in [0, 0.1) is 0 Å². The van der Waals surface area contributed by atoms with E-state index in [4.69, 9.17) is 27.9 Å². The lowest BCUT2D eigenvalue weighted by Gasteiger charge is -2.17. The highest BCUT2D eigenvalue weighted by Crippen LogP contribution is 2.40. The maximum absolute atomic E-state index is 12.1. The van der Waals surface area contributed by atoms with Crippen LogP contribution in [0.15, 0.2) is 81.1 Å². The van der Waals surface area contributed by atoms with Gasteiger partial charge in [-0.15, -0.1) is 10.2 Å². The predicted octanol–water partition coefficient (Wildman–Crippen LogP) is 8.32. The van der Waals surface area contributed by atoms with E-state index in [-0.39, 0.29) is 98.3 Å². The smallest absolute Gasteiger partial charge is 0.335 e. The molecule has 0 amide bonds. The summed E-state index contributed by atoms with van der Waals surface area (Å²) in [6.07, 6.45) is 0.344.